The van der Waals surface area contributed by atoms with E-state index in [9.17, 15) is 14.4 Å². The third kappa shape index (κ3) is 5.96. The molecule has 1 amide bonds. The van der Waals surface area contributed by atoms with Crippen LogP contribution < -0.4 is 34.3 Å². The van der Waals surface area contributed by atoms with Gasteiger partial charge in [0.15, 0.2) is 11.5 Å². The van der Waals surface area contributed by atoms with Crippen molar-refractivity contribution < 1.29 is 28.5 Å². The number of aromatic nitrogens is 1. The Kier molecular flexibility index (Phi) is 7.64. The number of hydrogen-bond acceptors (Lipinski definition) is 8. The summed E-state index contributed by atoms with van der Waals surface area (Å²) in [5, 5.41) is 4.81. The maximum atomic E-state index is 13.4. The van der Waals surface area contributed by atoms with Crippen LogP contribution in [0.25, 0.3) is 22.9 Å². The molecule has 0 atom stereocenters. The number of nitrogens with one attached hydrogen (secondary N) is 1. The molecule has 39 heavy (non-hydrogen) atoms. The first-order valence-corrected chi connectivity index (χ1v) is 13.1. The van der Waals surface area contributed by atoms with Crippen LogP contribution in [0.3, 0.4) is 0 Å². The molecule has 0 unspecified atom stereocenters. The molecule has 1 N–H and O–H groups in total. The summed E-state index contributed by atoms with van der Waals surface area (Å²) in [6.45, 7) is 2.05. The summed E-state index contributed by atoms with van der Waals surface area (Å²) < 4.78 is 23.0. The lowest BCUT2D eigenvalue weighted by molar-refractivity contribution is -0.135. The molecule has 9 nitrogen and oxygen atoms in total. The molecule has 10 heteroatoms. The maximum Gasteiger partial charge on any atom is 0.333 e. The molecule has 4 aromatic rings. The number of fused-ring (bicyclic) bond motifs is 2. The van der Waals surface area contributed by atoms with Gasteiger partial charge in [0.1, 0.15) is 17.0 Å². The second kappa shape index (κ2) is 11.4. The van der Waals surface area contributed by atoms with Gasteiger partial charge >= 0.3 is 5.97 Å². The fourth-order valence-corrected chi connectivity index (χ4v) is 5.17. The second-order valence-electron chi connectivity index (χ2n) is 8.67. The van der Waals surface area contributed by atoms with E-state index >= 15 is 0 Å². The van der Waals surface area contributed by atoms with Crippen molar-refractivity contribution in [3.63, 3.8) is 0 Å². The Labute approximate surface area is 227 Å². The van der Waals surface area contributed by atoms with E-state index in [1.807, 2.05) is 42.5 Å². The Morgan fingerprint density at radius 1 is 1.05 bits per heavy atom. The molecule has 0 saturated heterocycles. The summed E-state index contributed by atoms with van der Waals surface area (Å²) in [5.74, 6) is 1.08. The van der Waals surface area contributed by atoms with Crippen LogP contribution in [-0.2, 0) is 27.4 Å². The van der Waals surface area contributed by atoms with Crippen molar-refractivity contribution in [2.24, 2.45) is 0 Å². The normalized spacial score (nSPS) is 13.1. The van der Waals surface area contributed by atoms with E-state index in [-0.39, 0.29) is 38.0 Å². The van der Waals surface area contributed by atoms with Gasteiger partial charge in [-0.2, -0.15) is 0 Å². The molecule has 2 heterocycles. The van der Waals surface area contributed by atoms with Crippen LogP contribution in [0.1, 0.15) is 18.1 Å². The van der Waals surface area contributed by atoms with Gasteiger partial charge in [-0.3, -0.25) is 14.2 Å². The van der Waals surface area contributed by atoms with Crippen molar-refractivity contribution in [1.29, 1.82) is 0 Å². The molecule has 0 aliphatic carbocycles. The number of thiazole rings is 1. The lowest BCUT2D eigenvalue weighted by Crippen LogP contribution is -2.38. The van der Waals surface area contributed by atoms with Crippen molar-refractivity contribution in [3.05, 3.63) is 85.3 Å². The lowest BCUT2D eigenvalue weighted by atomic mass is 10.1. The number of nitrogens with zero attached hydrogens (tertiary/aromatic N) is 1. The van der Waals surface area contributed by atoms with Crippen LogP contribution in [0.15, 0.2) is 59.4 Å². The average molecular weight is 547 g/mol. The van der Waals surface area contributed by atoms with E-state index in [0.29, 0.717) is 20.7 Å². The summed E-state index contributed by atoms with van der Waals surface area (Å²) in [5.41, 5.74) is 1.27. The zero-order chi connectivity index (χ0) is 27.4. The summed E-state index contributed by atoms with van der Waals surface area (Å²) in [4.78, 5) is 38.4. The van der Waals surface area contributed by atoms with Gasteiger partial charge in [0, 0.05) is 6.54 Å². The fourth-order valence-electron chi connectivity index (χ4n) is 4.14. The largest absolute Gasteiger partial charge is 0.497 e. The Hall–Kier alpha value is -4.57. The molecule has 1 aliphatic heterocycles. The van der Waals surface area contributed by atoms with E-state index in [0.717, 1.165) is 39.0 Å². The van der Waals surface area contributed by atoms with Gasteiger partial charge in [-0.1, -0.05) is 24.3 Å². The third-order valence-corrected chi connectivity index (χ3v) is 7.12. The Morgan fingerprint density at radius 3 is 2.67 bits per heavy atom. The molecule has 1 aromatic heterocycles. The van der Waals surface area contributed by atoms with Crippen LogP contribution in [0.2, 0.25) is 0 Å². The third-order valence-electron chi connectivity index (χ3n) is 6.06. The van der Waals surface area contributed by atoms with Crippen molar-refractivity contribution in [1.82, 2.24) is 9.88 Å². The minimum Gasteiger partial charge on any atom is -0.497 e. The highest BCUT2D eigenvalue weighted by atomic mass is 32.1. The highest BCUT2D eigenvalue weighted by Crippen LogP contribution is 2.32. The molecule has 3 aromatic carbocycles. The first-order valence-electron chi connectivity index (χ1n) is 12.3. The van der Waals surface area contributed by atoms with Gasteiger partial charge in [-0.25, -0.2) is 4.79 Å². The van der Waals surface area contributed by atoms with E-state index in [4.69, 9.17) is 18.9 Å². The van der Waals surface area contributed by atoms with Crippen LogP contribution in [0, 0.1) is 0 Å². The summed E-state index contributed by atoms with van der Waals surface area (Å²) in [6, 6.07) is 17.0. The molecular formula is C29H26N2O7S. The zero-order valence-corrected chi connectivity index (χ0v) is 22.2. The minimum atomic E-state index is -0.584. The molecular weight excluding hydrogens is 520 g/mol. The van der Waals surface area contributed by atoms with Gasteiger partial charge in [0.25, 0.3) is 5.56 Å². The molecule has 0 radical (unpaired) electrons. The molecule has 1 aliphatic rings. The number of methoxy groups -OCH3 is 1. The Morgan fingerprint density at radius 2 is 1.85 bits per heavy atom. The number of carbonyl (C=O) groups excluding carboxylic acids is 2. The van der Waals surface area contributed by atoms with Crippen molar-refractivity contribution in [2.75, 3.05) is 20.5 Å². The summed E-state index contributed by atoms with van der Waals surface area (Å²) in [7, 11) is 1.62. The molecule has 0 saturated carbocycles. The lowest BCUT2D eigenvalue weighted by Gasteiger charge is -2.07. The highest BCUT2D eigenvalue weighted by molar-refractivity contribution is 7.07. The number of rotatable bonds is 8. The Balaban J connectivity index is 1.42. The first-order chi connectivity index (χ1) is 18.9. The smallest absolute Gasteiger partial charge is 0.333 e. The van der Waals surface area contributed by atoms with E-state index in [1.54, 1.807) is 32.2 Å². The number of esters is 1. The van der Waals surface area contributed by atoms with Crippen LogP contribution in [0.4, 0.5) is 0 Å². The molecule has 200 valence electrons. The minimum absolute atomic E-state index is 0.166. The van der Waals surface area contributed by atoms with E-state index < -0.39 is 5.97 Å². The quantitative estimate of drug-likeness (QED) is 0.338. The Bertz CT molecular complexity index is 1740. The molecule has 0 bridgehead atoms. The fraction of sp³-hybridized carbons (Fsp3) is 0.207. The van der Waals surface area contributed by atoms with Crippen molar-refractivity contribution in [2.45, 2.75) is 20.0 Å². The van der Waals surface area contributed by atoms with Gasteiger partial charge in [-0.05, 0) is 65.2 Å². The van der Waals surface area contributed by atoms with Crippen molar-refractivity contribution >= 4 is 46.1 Å². The average Bonchev–Trinajstić information content (AvgIpc) is 3.51. The summed E-state index contributed by atoms with van der Waals surface area (Å²) >= 11 is 1.12. The number of amides is 1. The monoisotopic (exact) mass is 546 g/mol. The van der Waals surface area contributed by atoms with Crippen LogP contribution >= 0.6 is 11.3 Å². The number of carbonyl (C=O) groups is 2. The van der Waals surface area contributed by atoms with Gasteiger partial charge in [-0.15, -0.1) is 11.3 Å². The number of hydrogen-bond donors (Lipinski definition) is 1. The predicted molar refractivity (Wildman–Crippen MR) is 147 cm³/mol. The van der Waals surface area contributed by atoms with E-state index in [1.165, 1.54) is 10.6 Å². The van der Waals surface area contributed by atoms with Crippen LogP contribution in [-0.4, -0.2) is 37.0 Å². The molecule has 0 fully saturated rings. The molecule has 5 rings (SSSR count). The number of ether oxygens (including phenoxy) is 4. The van der Waals surface area contributed by atoms with Gasteiger partial charge in [0.2, 0.25) is 12.7 Å². The molecule has 0 spiro atoms. The highest BCUT2D eigenvalue weighted by Gasteiger charge is 2.15. The summed E-state index contributed by atoms with van der Waals surface area (Å²) in [6.07, 6.45) is 2.99. The number of benzene rings is 3. The van der Waals surface area contributed by atoms with Gasteiger partial charge < -0.3 is 24.3 Å². The van der Waals surface area contributed by atoms with Crippen molar-refractivity contribution in [3.8, 4) is 17.2 Å². The standard InChI is InChI=1S/C29H26N2O7S/c1-3-36-28(33)14-27-31(16-26(32)30-15-19-5-9-23-24(11-19)38-17-37-23)29(34)25(39-27)12-18-4-6-21-13-22(35-2)8-7-20(21)10-18/h4-14H,3,15-17H2,1-2H3,(H,30,32)/b25-12+,27-14-. The SMILES string of the molecule is CCOC(=O)/C=c1\s/c(=C/c2ccc3cc(OC)ccc3c2)c(=O)n1CC(=O)NCc1ccc2c(c1)OCO2. The topological polar surface area (TPSA) is 105 Å². The maximum absolute atomic E-state index is 13.4. The predicted octanol–water partition coefficient (Wildman–Crippen LogP) is 2.29. The van der Waals surface area contributed by atoms with E-state index in [2.05, 4.69) is 5.32 Å². The second-order valence-corrected chi connectivity index (χ2v) is 9.74. The first kappa shape index (κ1) is 26.1. The zero-order valence-electron chi connectivity index (χ0n) is 21.4. The van der Waals surface area contributed by atoms with Gasteiger partial charge in [0.05, 0.1) is 24.3 Å². The van der Waals surface area contributed by atoms with Crippen LogP contribution in [0.5, 0.6) is 17.2 Å².